The van der Waals surface area contributed by atoms with Crippen molar-refractivity contribution >= 4 is 34.9 Å². The van der Waals surface area contributed by atoms with Gasteiger partial charge in [0.25, 0.3) is 0 Å². The van der Waals surface area contributed by atoms with Crippen molar-refractivity contribution in [2.75, 3.05) is 0 Å². The van der Waals surface area contributed by atoms with E-state index in [2.05, 4.69) is 0 Å². The number of fused-ring (bicyclic) bond motifs is 3. The quantitative estimate of drug-likeness (QED) is 0.681. The number of amides is 1. The first-order valence-corrected chi connectivity index (χ1v) is 9.54. The predicted molar refractivity (Wildman–Crippen MR) is 97.3 cm³/mol. The molecule has 1 aromatic rings. The third-order valence-electron chi connectivity index (χ3n) is 6.51. The highest BCUT2D eigenvalue weighted by molar-refractivity contribution is 6.27. The number of phenols is 1. The Balaban J connectivity index is 1.80. The lowest BCUT2D eigenvalue weighted by atomic mass is 9.56. The van der Waals surface area contributed by atoms with E-state index in [0.717, 1.165) is 12.1 Å². The summed E-state index contributed by atoms with van der Waals surface area (Å²) in [6.45, 7) is 0. The van der Waals surface area contributed by atoms with Crippen molar-refractivity contribution in [1.82, 2.24) is 0 Å². The molecule has 0 bridgehead atoms. The molecule has 2 saturated carbocycles. The highest BCUT2D eigenvalue weighted by atomic mass is 19.3. The molecule has 0 aromatic heterocycles. The molecule has 5 atom stereocenters. The number of hydrogen-bond acceptors (Lipinski definition) is 6. The van der Waals surface area contributed by atoms with Crippen molar-refractivity contribution < 1.29 is 42.3 Å². The van der Waals surface area contributed by atoms with E-state index in [0.29, 0.717) is 0 Å². The molecule has 0 heterocycles. The van der Waals surface area contributed by atoms with Gasteiger partial charge in [-0.3, -0.25) is 24.0 Å². The molecule has 3 aliphatic carbocycles. The molecular formula is C21H16F3NO6. The number of benzene rings is 1. The van der Waals surface area contributed by atoms with Crippen LogP contribution in [0.5, 0.6) is 5.75 Å². The first-order chi connectivity index (χ1) is 14.5. The van der Waals surface area contributed by atoms with Gasteiger partial charge in [0.05, 0.1) is 17.4 Å². The van der Waals surface area contributed by atoms with Gasteiger partial charge in [0, 0.05) is 12.0 Å². The number of carbonyl (C=O) groups excluding carboxylic acids is 5. The summed E-state index contributed by atoms with van der Waals surface area (Å²) >= 11 is 0. The van der Waals surface area contributed by atoms with Gasteiger partial charge in [-0.05, 0) is 42.4 Å². The Morgan fingerprint density at radius 1 is 0.968 bits per heavy atom. The van der Waals surface area contributed by atoms with Crippen LogP contribution in [0, 0.1) is 29.6 Å². The summed E-state index contributed by atoms with van der Waals surface area (Å²) in [4.78, 5) is 62.7. The van der Waals surface area contributed by atoms with Crippen LogP contribution in [0.25, 0.3) is 5.83 Å². The molecular weight excluding hydrogens is 419 g/mol. The fourth-order valence-corrected chi connectivity index (χ4v) is 5.30. The summed E-state index contributed by atoms with van der Waals surface area (Å²) in [5.74, 6) is -13.0. The summed E-state index contributed by atoms with van der Waals surface area (Å²) in [7, 11) is 0. The average molecular weight is 435 g/mol. The smallest absolute Gasteiger partial charge is 0.306 e. The van der Waals surface area contributed by atoms with Gasteiger partial charge in [-0.2, -0.15) is 8.78 Å². The molecule has 2 fully saturated rings. The monoisotopic (exact) mass is 435 g/mol. The summed E-state index contributed by atoms with van der Waals surface area (Å²) in [6, 6.07) is 1.81. The molecule has 0 radical (unpaired) electrons. The van der Waals surface area contributed by atoms with Crippen LogP contribution in [0.2, 0.25) is 0 Å². The Labute approximate surface area is 173 Å². The molecule has 4 rings (SSSR count). The highest BCUT2D eigenvalue weighted by Crippen LogP contribution is 2.49. The van der Waals surface area contributed by atoms with Crippen molar-refractivity contribution in [3.05, 3.63) is 34.9 Å². The van der Waals surface area contributed by atoms with Crippen LogP contribution < -0.4 is 5.73 Å². The lowest BCUT2D eigenvalue weighted by Crippen LogP contribution is -2.56. The maximum absolute atomic E-state index is 14.0. The number of hydrogen-bond donors (Lipinski definition) is 2. The second kappa shape index (κ2) is 7.14. The van der Waals surface area contributed by atoms with Crippen molar-refractivity contribution in [2.24, 2.45) is 35.3 Å². The molecule has 0 aliphatic heterocycles. The van der Waals surface area contributed by atoms with Crippen LogP contribution in [0.3, 0.4) is 0 Å². The fraction of sp³-hybridized carbons (Fsp3) is 0.381. The summed E-state index contributed by atoms with van der Waals surface area (Å²) in [5, 5.41) is 10.2. The number of nitrogens with two attached hydrogens (primary N) is 1. The normalized spacial score (nSPS) is 29.7. The molecule has 5 unspecified atom stereocenters. The number of halogens is 3. The summed E-state index contributed by atoms with van der Waals surface area (Å²) < 4.78 is 39.8. The molecule has 3 N–H and O–H groups in total. The maximum Gasteiger partial charge on any atom is 0.306 e. The number of primary amides is 1. The Kier molecular flexibility index (Phi) is 4.83. The molecule has 0 saturated heterocycles. The first kappa shape index (κ1) is 21.0. The zero-order chi connectivity index (χ0) is 22.8. The van der Waals surface area contributed by atoms with Gasteiger partial charge < -0.3 is 10.8 Å². The van der Waals surface area contributed by atoms with E-state index in [1.54, 1.807) is 0 Å². The second-order valence-electron chi connectivity index (χ2n) is 8.15. The molecule has 10 heteroatoms. The van der Waals surface area contributed by atoms with Crippen LogP contribution in [0.4, 0.5) is 13.2 Å². The van der Waals surface area contributed by atoms with Gasteiger partial charge in [-0.25, -0.2) is 4.39 Å². The summed E-state index contributed by atoms with van der Waals surface area (Å²) in [5.41, 5.74) is 3.99. The van der Waals surface area contributed by atoms with E-state index in [9.17, 15) is 42.3 Å². The van der Waals surface area contributed by atoms with E-state index in [4.69, 9.17) is 5.73 Å². The minimum absolute atomic E-state index is 0.0494. The number of rotatable bonds is 2. The number of carbonyl (C=O) groups is 5. The van der Waals surface area contributed by atoms with Crippen LogP contribution in [-0.4, -0.2) is 34.1 Å². The van der Waals surface area contributed by atoms with Gasteiger partial charge >= 0.3 is 6.08 Å². The van der Waals surface area contributed by atoms with Crippen molar-refractivity contribution in [3.63, 3.8) is 0 Å². The molecule has 1 amide bonds. The molecule has 7 nitrogen and oxygen atoms in total. The SMILES string of the molecule is NC(=O)C1C(=O)CC2CC3Cc4c(C(F)=C(F)F)ccc(O)c4C(=O)C3C(=O)C2C1=O. The van der Waals surface area contributed by atoms with Crippen LogP contribution in [0.15, 0.2) is 18.2 Å². The first-order valence-electron chi connectivity index (χ1n) is 9.54. The van der Waals surface area contributed by atoms with E-state index in [1.807, 2.05) is 0 Å². The highest BCUT2D eigenvalue weighted by Gasteiger charge is 2.57. The summed E-state index contributed by atoms with van der Waals surface area (Å²) in [6.07, 6.45) is -2.98. The number of phenolic OH excluding ortho intramolecular Hbond substituents is 1. The van der Waals surface area contributed by atoms with Crippen LogP contribution in [0.1, 0.15) is 34.3 Å². The predicted octanol–water partition coefficient (Wildman–Crippen LogP) is 1.75. The second-order valence-corrected chi connectivity index (χ2v) is 8.15. The van der Waals surface area contributed by atoms with Gasteiger partial charge in [0.15, 0.2) is 34.9 Å². The van der Waals surface area contributed by atoms with E-state index < -0.39 is 87.4 Å². The molecule has 3 aliphatic rings. The minimum atomic E-state index is -2.59. The lowest BCUT2D eigenvalue weighted by Gasteiger charge is -2.44. The van der Waals surface area contributed by atoms with Gasteiger partial charge in [0.2, 0.25) is 5.91 Å². The van der Waals surface area contributed by atoms with E-state index in [1.165, 1.54) is 0 Å². The Hall–Kier alpha value is -3.30. The zero-order valence-corrected chi connectivity index (χ0v) is 15.9. The molecule has 0 spiro atoms. The molecule has 31 heavy (non-hydrogen) atoms. The van der Waals surface area contributed by atoms with Crippen molar-refractivity contribution in [2.45, 2.75) is 19.3 Å². The number of Topliss-reactive ketones (excluding diaryl/α,β-unsaturated/α-hetero) is 4. The Morgan fingerprint density at radius 2 is 1.61 bits per heavy atom. The van der Waals surface area contributed by atoms with Gasteiger partial charge in [0.1, 0.15) is 5.75 Å². The topological polar surface area (TPSA) is 132 Å². The minimum Gasteiger partial charge on any atom is -0.507 e. The maximum atomic E-state index is 14.0. The Morgan fingerprint density at radius 3 is 2.23 bits per heavy atom. The fourth-order valence-electron chi connectivity index (χ4n) is 5.30. The van der Waals surface area contributed by atoms with E-state index >= 15 is 0 Å². The lowest BCUT2D eigenvalue weighted by molar-refractivity contribution is -0.152. The largest absolute Gasteiger partial charge is 0.507 e. The van der Waals surface area contributed by atoms with Crippen LogP contribution >= 0.6 is 0 Å². The number of ketones is 4. The van der Waals surface area contributed by atoms with Crippen molar-refractivity contribution in [3.8, 4) is 5.75 Å². The van der Waals surface area contributed by atoms with Crippen LogP contribution in [-0.2, 0) is 25.6 Å². The van der Waals surface area contributed by atoms with Crippen molar-refractivity contribution in [1.29, 1.82) is 0 Å². The molecule has 162 valence electrons. The van der Waals surface area contributed by atoms with E-state index in [-0.39, 0.29) is 24.8 Å². The standard InChI is InChI=1S/C21H16F3NO6/c22-16(20(23)24)8-1-2-10(26)14-9(8)4-6-3-7-5-11(27)15(21(25)31)19(30)13(7)17(28)12(6)18(14)29/h1-2,6-7,12-13,15,26H,3-5H2,(H2,25,31). The third-order valence-corrected chi connectivity index (χ3v) is 6.51. The van der Waals surface area contributed by atoms with Gasteiger partial charge in [-0.15, -0.1) is 0 Å². The van der Waals surface area contributed by atoms with Gasteiger partial charge in [-0.1, -0.05) is 0 Å². The zero-order valence-electron chi connectivity index (χ0n) is 15.9. The third kappa shape index (κ3) is 3.00. The average Bonchev–Trinajstić information content (AvgIpc) is 2.66. The Bertz CT molecular complexity index is 1110. The number of aromatic hydroxyl groups is 1. The molecule has 1 aromatic carbocycles.